The zero-order valence-electron chi connectivity index (χ0n) is 24.8. The summed E-state index contributed by atoms with van der Waals surface area (Å²) in [5.74, 6) is 1.58. The van der Waals surface area contributed by atoms with Gasteiger partial charge in [-0.05, 0) is 56.2 Å². The Morgan fingerprint density at radius 3 is 2.26 bits per heavy atom. The molecule has 0 aliphatic carbocycles. The fourth-order valence-electron chi connectivity index (χ4n) is 6.01. The minimum absolute atomic E-state index is 0.343. The minimum Gasteiger partial charge on any atom is -0.494 e. The molecule has 0 fully saturated rings. The van der Waals surface area contributed by atoms with Gasteiger partial charge in [0.25, 0.3) is 0 Å². The van der Waals surface area contributed by atoms with Crippen molar-refractivity contribution < 1.29 is 19.0 Å². The lowest BCUT2D eigenvalue weighted by Gasteiger charge is -2.38. The molecule has 0 aromatic heterocycles. The van der Waals surface area contributed by atoms with Gasteiger partial charge in [0.15, 0.2) is 5.60 Å². The summed E-state index contributed by atoms with van der Waals surface area (Å²) in [6.45, 7) is 8.46. The van der Waals surface area contributed by atoms with E-state index < -0.39 is 5.60 Å². The molecule has 0 amide bonds. The normalized spacial score (nSPS) is 16.2. The first-order valence-corrected chi connectivity index (χ1v) is 14.9. The number of unbranched alkanes of at least 4 members (excludes halogenated alkanes) is 2. The van der Waals surface area contributed by atoms with Crippen molar-refractivity contribution >= 4 is 23.0 Å². The maximum absolute atomic E-state index is 13.4. The Hall–Kier alpha value is -4.45. The van der Waals surface area contributed by atoms with Crippen LogP contribution in [0.25, 0.3) is 0 Å². The molecule has 0 radical (unpaired) electrons. The van der Waals surface area contributed by atoms with E-state index in [1.54, 1.807) is 7.11 Å². The highest BCUT2D eigenvalue weighted by atomic mass is 16.6. The number of hydrogen-bond acceptors (Lipinski definition) is 6. The monoisotopic (exact) mass is 562 g/mol. The molecule has 2 heterocycles. The molecule has 0 saturated carbocycles. The molecule has 42 heavy (non-hydrogen) atoms. The molecule has 6 rings (SSSR count). The van der Waals surface area contributed by atoms with Crippen LogP contribution in [0.4, 0.5) is 17.1 Å². The van der Waals surface area contributed by atoms with Crippen molar-refractivity contribution in [2.75, 3.05) is 30.4 Å². The van der Waals surface area contributed by atoms with E-state index in [2.05, 4.69) is 61.3 Å². The Kier molecular flexibility index (Phi) is 7.55. The number of carbonyl (C=O) groups excluding carboxylic acids is 1. The molecule has 2 aliphatic heterocycles. The predicted octanol–water partition coefficient (Wildman–Crippen LogP) is 8.72. The van der Waals surface area contributed by atoms with Crippen LogP contribution in [0.3, 0.4) is 0 Å². The number of rotatable bonds is 10. The van der Waals surface area contributed by atoms with Gasteiger partial charge in [0.1, 0.15) is 17.2 Å². The van der Waals surface area contributed by atoms with Crippen LogP contribution in [-0.2, 0) is 10.3 Å². The smallest absolute Gasteiger partial charge is 0.340 e. The molecular weight excluding hydrogens is 524 g/mol. The molecule has 0 bridgehead atoms. The van der Waals surface area contributed by atoms with Crippen LogP contribution >= 0.6 is 0 Å². The second kappa shape index (κ2) is 11.4. The van der Waals surface area contributed by atoms with Gasteiger partial charge < -0.3 is 24.4 Å². The van der Waals surface area contributed by atoms with E-state index >= 15 is 0 Å². The third kappa shape index (κ3) is 4.75. The molecule has 1 spiro atoms. The van der Waals surface area contributed by atoms with Gasteiger partial charge in [0, 0.05) is 53.3 Å². The lowest BCUT2D eigenvalue weighted by atomic mass is 9.77. The molecule has 0 saturated heterocycles. The summed E-state index contributed by atoms with van der Waals surface area (Å²) in [5.41, 5.74) is 5.77. The first-order chi connectivity index (χ1) is 20.5. The second-order valence-corrected chi connectivity index (χ2v) is 11.1. The van der Waals surface area contributed by atoms with Crippen LogP contribution in [0.1, 0.15) is 72.1 Å². The minimum atomic E-state index is -1.15. The third-order valence-electron chi connectivity index (χ3n) is 8.28. The van der Waals surface area contributed by atoms with Gasteiger partial charge in [-0.3, -0.25) is 0 Å². The van der Waals surface area contributed by atoms with Crippen molar-refractivity contribution in [3.8, 4) is 17.2 Å². The molecule has 1 atom stereocenters. The van der Waals surface area contributed by atoms with Crippen molar-refractivity contribution in [1.29, 1.82) is 0 Å². The Morgan fingerprint density at radius 1 is 0.833 bits per heavy atom. The molecule has 216 valence electrons. The van der Waals surface area contributed by atoms with E-state index in [9.17, 15) is 4.79 Å². The van der Waals surface area contributed by atoms with E-state index in [1.807, 2.05) is 48.5 Å². The van der Waals surface area contributed by atoms with Gasteiger partial charge in [-0.15, -0.1) is 0 Å². The zero-order chi connectivity index (χ0) is 29.3. The van der Waals surface area contributed by atoms with Crippen LogP contribution in [0.15, 0.2) is 78.9 Å². The fraction of sp³-hybridized carbons (Fsp3) is 0.306. The number of anilines is 3. The summed E-state index contributed by atoms with van der Waals surface area (Å²) in [4.78, 5) is 15.8. The average Bonchev–Trinajstić information content (AvgIpc) is 3.31. The highest BCUT2D eigenvalue weighted by Gasteiger charge is 2.54. The number of aryl methyl sites for hydroxylation is 1. The fourth-order valence-corrected chi connectivity index (χ4v) is 6.01. The number of ether oxygens (including phenoxy) is 3. The Labute approximate surface area is 248 Å². The summed E-state index contributed by atoms with van der Waals surface area (Å²) in [7, 11) is 1.65. The summed E-state index contributed by atoms with van der Waals surface area (Å²) >= 11 is 0. The number of carbonyl (C=O) groups is 1. The molecule has 1 N–H and O–H groups in total. The molecule has 1 unspecified atom stereocenters. The second-order valence-electron chi connectivity index (χ2n) is 11.1. The van der Waals surface area contributed by atoms with Crippen molar-refractivity contribution in [2.24, 2.45) is 0 Å². The average molecular weight is 563 g/mol. The highest BCUT2D eigenvalue weighted by molar-refractivity contribution is 5.97. The lowest BCUT2D eigenvalue weighted by Crippen LogP contribution is -2.33. The van der Waals surface area contributed by atoms with Gasteiger partial charge in [-0.1, -0.05) is 62.6 Å². The highest BCUT2D eigenvalue weighted by Crippen LogP contribution is 2.58. The van der Waals surface area contributed by atoms with Gasteiger partial charge >= 0.3 is 5.97 Å². The maximum atomic E-state index is 13.4. The van der Waals surface area contributed by atoms with Crippen molar-refractivity contribution in [2.45, 2.75) is 52.1 Å². The molecule has 4 aromatic carbocycles. The Balaban J connectivity index is 1.52. The van der Waals surface area contributed by atoms with E-state index in [1.165, 1.54) is 5.56 Å². The topological polar surface area (TPSA) is 60.0 Å². The SMILES string of the molecule is CCCCN(CCCC)c1ccc2c(c1)Oc1cc(OC)c(Nc3ccc(C)cc3)cc1C21OC(=O)c2ccccc21. The molecule has 4 aromatic rings. The van der Waals surface area contributed by atoms with Crippen LogP contribution in [0, 0.1) is 6.92 Å². The first-order valence-electron chi connectivity index (χ1n) is 14.9. The van der Waals surface area contributed by atoms with Crippen LogP contribution in [0.5, 0.6) is 17.2 Å². The first kappa shape index (κ1) is 27.7. The predicted molar refractivity (Wildman–Crippen MR) is 168 cm³/mol. The van der Waals surface area contributed by atoms with Crippen LogP contribution in [-0.4, -0.2) is 26.2 Å². The van der Waals surface area contributed by atoms with Crippen molar-refractivity contribution in [1.82, 2.24) is 0 Å². The number of benzene rings is 4. The van der Waals surface area contributed by atoms with E-state index in [0.29, 0.717) is 22.8 Å². The summed E-state index contributed by atoms with van der Waals surface area (Å²) < 4.78 is 18.9. The van der Waals surface area contributed by atoms with Crippen LogP contribution in [0.2, 0.25) is 0 Å². The number of nitrogens with one attached hydrogen (secondary N) is 1. The maximum Gasteiger partial charge on any atom is 0.340 e. The Bertz CT molecular complexity index is 1610. The lowest BCUT2D eigenvalue weighted by molar-refractivity contribution is 0.0224. The van der Waals surface area contributed by atoms with Gasteiger partial charge in [-0.25, -0.2) is 4.79 Å². The number of nitrogens with zero attached hydrogens (tertiary/aromatic N) is 1. The van der Waals surface area contributed by atoms with Gasteiger partial charge in [-0.2, -0.15) is 0 Å². The standard InChI is InChI=1S/C36H38N2O4/c1-5-7-19-38(20-8-6-2)26-17-18-29-32(21-26)41-33-23-34(40-4)31(37-25-15-13-24(3)14-16-25)22-30(33)36(29)28-12-10-9-11-27(28)35(39)42-36/h9-18,21-23,37H,5-8,19-20H2,1-4H3. The summed E-state index contributed by atoms with van der Waals surface area (Å²) in [6, 6.07) is 26.0. The van der Waals surface area contributed by atoms with Crippen molar-refractivity contribution in [3.63, 3.8) is 0 Å². The summed E-state index contributed by atoms with van der Waals surface area (Å²) in [5, 5.41) is 3.50. The van der Waals surface area contributed by atoms with Gasteiger partial charge in [0.05, 0.1) is 18.4 Å². The quantitative estimate of drug-likeness (QED) is 0.195. The van der Waals surface area contributed by atoms with Gasteiger partial charge in [0.2, 0.25) is 0 Å². The molecular formula is C36H38N2O4. The molecule has 6 heteroatoms. The number of methoxy groups -OCH3 is 1. The molecule has 2 aliphatic rings. The van der Waals surface area contributed by atoms with E-state index in [4.69, 9.17) is 14.2 Å². The van der Waals surface area contributed by atoms with E-state index in [0.717, 1.165) is 72.5 Å². The largest absolute Gasteiger partial charge is 0.494 e. The molecule has 6 nitrogen and oxygen atoms in total. The van der Waals surface area contributed by atoms with E-state index in [-0.39, 0.29) is 5.97 Å². The summed E-state index contributed by atoms with van der Waals surface area (Å²) in [6.07, 6.45) is 4.50. The number of esters is 1. The number of hydrogen-bond donors (Lipinski definition) is 1. The third-order valence-corrected chi connectivity index (χ3v) is 8.28. The van der Waals surface area contributed by atoms with Crippen molar-refractivity contribution in [3.05, 3.63) is 107 Å². The number of fused-ring (bicyclic) bond motifs is 6. The zero-order valence-corrected chi connectivity index (χ0v) is 24.8. The van der Waals surface area contributed by atoms with Crippen LogP contribution < -0.4 is 19.7 Å². The Morgan fingerprint density at radius 2 is 1.55 bits per heavy atom.